The summed E-state index contributed by atoms with van der Waals surface area (Å²) in [5.74, 6) is 0.455. The van der Waals surface area contributed by atoms with E-state index in [0.717, 1.165) is 23.7 Å². The second-order valence-electron chi connectivity index (χ2n) is 5.11. The smallest absolute Gasteiger partial charge is 0.260 e. The van der Waals surface area contributed by atoms with Crippen molar-refractivity contribution in [1.82, 2.24) is 4.90 Å². The lowest BCUT2D eigenvalue weighted by Gasteiger charge is -2.37. The van der Waals surface area contributed by atoms with Crippen LogP contribution >= 0.6 is 27.5 Å². The number of hydrogen-bond donors (Lipinski definition) is 1. The van der Waals surface area contributed by atoms with Crippen LogP contribution in [0.25, 0.3) is 0 Å². The molecule has 1 aromatic rings. The third kappa shape index (κ3) is 4.59. The number of halogens is 2. The van der Waals surface area contributed by atoms with Crippen molar-refractivity contribution in [1.29, 1.82) is 0 Å². The van der Waals surface area contributed by atoms with Gasteiger partial charge in [0.2, 0.25) is 0 Å². The molecule has 0 atom stereocenters. The van der Waals surface area contributed by atoms with Gasteiger partial charge in [-0.3, -0.25) is 4.79 Å². The van der Waals surface area contributed by atoms with Gasteiger partial charge >= 0.3 is 0 Å². The van der Waals surface area contributed by atoms with Gasteiger partial charge in [0.1, 0.15) is 5.75 Å². The van der Waals surface area contributed by atoms with Crippen molar-refractivity contribution in [3.63, 3.8) is 0 Å². The number of hydrogen-bond acceptors (Lipinski definition) is 3. The summed E-state index contributed by atoms with van der Waals surface area (Å²) >= 11 is 9.39. The zero-order valence-electron chi connectivity index (χ0n) is 11.7. The number of carbonyl (C=O) groups excluding carboxylic acids is 1. The zero-order valence-corrected chi connectivity index (χ0v) is 14.1. The summed E-state index contributed by atoms with van der Waals surface area (Å²) in [5, 5.41) is 9.42. The molecule has 1 aliphatic rings. The summed E-state index contributed by atoms with van der Waals surface area (Å²) in [6, 6.07) is 5.59. The van der Waals surface area contributed by atoms with Crippen LogP contribution in [0.2, 0.25) is 5.02 Å². The minimum atomic E-state index is -0.0489. The van der Waals surface area contributed by atoms with Gasteiger partial charge in [-0.1, -0.05) is 27.5 Å². The molecule has 2 rings (SSSR count). The highest BCUT2D eigenvalue weighted by Crippen LogP contribution is 2.28. The van der Waals surface area contributed by atoms with Crippen molar-refractivity contribution in [3.05, 3.63) is 27.7 Å². The first-order valence-electron chi connectivity index (χ1n) is 7.10. The van der Waals surface area contributed by atoms with E-state index in [-0.39, 0.29) is 19.1 Å². The number of aliphatic hydroxyl groups is 1. The van der Waals surface area contributed by atoms with E-state index >= 15 is 0 Å². The summed E-state index contributed by atoms with van der Waals surface area (Å²) in [5.41, 5.74) is 0. The fourth-order valence-corrected chi connectivity index (χ4v) is 2.99. The number of carbonyl (C=O) groups is 1. The molecule has 0 unspecified atom stereocenters. The number of rotatable bonds is 7. The summed E-state index contributed by atoms with van der Waals surface area (Å²) in [6.07, 6.45) is 3.83. The molecule has 1 N–H and O–H groups in total. The average molecular weight is 377 g/mol. The number of amides is 1. The SMILES string of the molecule is O=C(COc1ccc(Br)cc1Cl)N(CCCO)C1CCC1. The largest absolute Gasteiger partial charge is 0.482 e. The van der Waals surface area contributed by atoms with Gasteiger partial charge in [-0.15, -0.1) is 0 Å². The van der Waals surface area contributed by atoms with Gasteiger partial charge in [-0.25, -0.2) is 0 Å². The molecule has 0 heterocycles. The van der Waals surface area contributed by atoms with Gasteiger partial charge < -0.3 is 14.7 Å². The molecular formula is C15H19BrClNO3. The second-order valence-corrected chi connectivity index (χ2v) is 6.44. The minimum Gasteiger partial charge on any atom is -0.482 e. The summed E-state index contributed by atoms with van der Waals surface area (Å²) in [4.78, 5) is 14.1. The molecule has 1 amide bonds. The van der Waals surface area contributed by atoms with E-state index < -0.39 is 0 Å². The van der Waals surface area contributed by atoms with Gasteiger partial charge in [0.25, 0.3) is 5.91 Å². The average Bonchev–Trinajstić information content (AvgIpc) is 2.40. The highest BCUT2D eigenvalue weighted by atomic mass is 79.9. The molecule has 0 radical (unpaired) electrons. The molecule has 116 valence electrons. The highest BCUT2D eigenvalue weighted by molar-refractivity contribution is 9.10. The van der Waals surface area contributed by atoms with Crippen LogP contribution in [0.3, 0.4) is 0 Å². The summed E-state index contributed by atoms with van der Waals surface area (Å²) in [6.45, 7) is 0.649. The van der Waals surface area contributed by atoms with E-state index in [1.807, 2.05) is 11.0 Å². The molecule has 21 heavy (non-hydrogen) atoms. The van der Waals surface area contributed by atoms with Crippen molar-refractivity contribution in [2.45, 2.75) is 31.7 Å². The lowest BCUT2D eigenvalue weighted by Crippen LogP contribution is -2.46. The van der Waals surface area contributed by atoms with Crippen molar-refractivity contribution < 1.29 is 14.6 Å². The number of nitrogens with zero attached hydrogens (tertiary/aromatic N) is 1. The Kier molecular flexibility index (Phi) is 6.33. The maximum atomic E-state index is 12.3. The quantitative estimate of drug-likeness (QED) is 0.795. The third-order valence-corrected chi connectivity index (χ3v) is 4.43. The van der Waals surface area contributed by atoms with Crippen LogP contribution in [0.5, 0.6) is 5.75 Å². The molecule has 1 aliphatic carbocycles. The second kappa shape index (κ2) is 8.01. The van der Waals surface area contributed by atoms with Crippen LogP contribution < -0.4 is 4.74 Å². The first-order chi connectivity index (χ1) is 10.1. The Morgan fingerprint density at radius 3 is 2.81 bits per heavy atom. The Morgan fingerprint density at radius 2 is 2.24 bits per heavy atom. The maximum absolute atomic E-state index is 12.3. The molecule has 0 saturated heterocycles. The van der Waals surface area contributed by atoms with Crippen LogP contribution in [0.4, 0.5) is 0 Å². The third-order valence-electron chi connectivity index (χ3n) is 3.64. The Morgan fingerprint density at radius 1 is 1.48 bits per heavy atom. The molecular weight excluding hydrogens is 358 g/mol. The zero-order chi connectivity index (χ0) is 15.2. The molecule has 1 saturated carbocycles. The topological polar surface area (TPSA) is 49.8 Å². The highest BCUT2D eigenvalue weighted by Gasteiger charge is 2.28. The van der Waals surface area contributed by atoms with E-state index in [0.29, 0.717) is 29.8 Å². The fraction of sp³-hybridized carbons (Fsp3) is 0.533. The minimum absolute atomic E-state index is 0.0245. The van der Waals surface area contributed by atoms with Crippen LogP contribution in [0, 0.1) is 0 Å². The lowest BCUT2D eigenvalue weighted by atomic mass is 9.91. The molecule has 0 spiro atoms. The van der Waals surface area contributed by atoms with E-state index in [1.54, 1.807) is 12.1 Å². The van der Waals surface area contributed by atoms with Gasteiger partial charge in [-0.05, 0) is 43.9 Å². The first kappa shape index (κ1) is 16.6. The van der Waals surface area contributed by atoms with E-state index in [1.165, 1.54) is 0 Å². The van der Waals surface area contributed by atoms with E-state index in [9.17, 15) is 4.79 Å². The number of benzene rings is 1. The van der Waals surface area contributed by atoms with Crippen molar-refractivity contribution >= 4 is 33.4 Å². The van der Waals surface area contributed by atoms with Gasteiger partial charge in [-0.2, -0.15) is 0 Å². The summed E-state index contributed by atoms with van der Waals surface area (Å²) in [7, 11) is 0. The predicted molar refractivity (Wildman–Crippen MR) is 85.7 cm³/mol. The van der Waals surface area contributed by atoms with Crippen LogP contribution in [-0.2, 0) is 4.79 Å². The Hall–Kier alpha value is -0.780. The molecule has 1 aromatic carbocycles. The summed E-state index contributed by atoms with van der Waals surface area (Å²) < 4.78 is 6.39. The maximum Gasteiger partial charge on any atom is 0.260 e. The van der Waals surface area contributed by atoms with Gasteiger partial charge in [0.15, 0.2) is 6.61 Å². The Bertz CT molecular complexity index is 494. The van der Waals surface area contributed by atoms with Crippen molar-refractivity contribution in [2.75, 3.05) is 19.8 Å². The molecule has 6 heteroatoms. The van der Waals surface area contributed by atoms with Gasteiger partial charge in [0.05, 0.1) is 5.02 Å². The van der Waals surface area contributed by atoms with Crippen LogP contribution in [0.1, 0.15) is 25.7 Å². The standard InChI is InChI=1S/C15H19BrClNO3/c16-11-5-6-14(13(17)9-11)21-10-15(20)18(7-2-8-19)12-3-1-4-12/h5-6,9,12,19H,1-4,7-8,10H2. The molecule has 1 fully saturated rings. The fourth-order valence-electron chi connectivity index (χ4n) is 2.27. The normalized spacial score (nSPS) is 14.6. The van der Waals surface area contributed by atoms with Crippen LogP contribution in [-0.4, -0.2) is 41.7 Å². The number of ether oxygens (including phenoxy) is 1. The van der Waals surface area contributed by atoms with E-state index in [4.69, 9.17) is 21.4 Å². The monoisotopic (exact) mass is 375 g/mol. The van der Waals surface area contributed by atoms with E-state index in [2.05, 4.69) is 15.9 Å². The van der Waals surface area contributed by atoms with Gasteiger partial charge in [0, 0.05) is 23.7 Å². The molecule has 0 bridgehead atoms. The number of aliphatic hydroxyl groups excluding tert-OH is 1. The Labute approximate surface area is 138 Å². The van der Waals surface area contributed by atoms with Crippen LogP contribution in [0.15, 0.2) is 22.7 Å². The predicted octanol–water partition coefficient (Wildman–Crippen LogP) is 3.24. The molecule has 4 nitrogen and oxygen atoms in total. The van der Waals surface area contributed by atoms with Crippen molar-refractivity contribution in [2.24, 2.45) is 0 Å². The van der Waals surface area contributed by atoms with Crippen molar-refractivity contribution in [3.8, 4) is 5.75 Å². The Balaban J connectivity index is 1.91. The molecule has 0 aromatic heterocycles. The molecule has 0 aliphatic heterocycles. The lowest BCUT2D eigenvalue weighted by molar-refractivity contribution is -0.137. The first-order valence-corrected chi connectivity index (χ1v) is 8.27.